The first-order valence-electron chi connectivity index (χ1n) is 6.71. The Bertz CT molecular complexity index is 248. The second kappa shape index (κ2) is 8.29. The third-order valence-corrected chi connectivity index (χ3v) is 3.01. The lowest BCUT2D eigenvalue weighted by molar-refractivity contribution is -0.149. The zero-order chi connectivity index (χ0) is 12.5. The summed E-state index contributed by atoms with van der Waals surface area (Å²) in [6, 6.07) is 0. The summed E-state index contributed by atoms with van der Waals surface area (Å²) in [5.74, 6) is -0.143. The summed E-state index contributed by atoms with van der Waals surface area (Å²) in [5, 5.41) is 9.77. The highest BCUT2D eigenvalue weighted by molar-refractivity contribution is 5.69. The van der Waals surface area contributed by atoms with E-state index in [9.17, 15) is 9.90 Å². The number of aliphatic hydroxyl groups excluding tert-OH is 1. The minimum Gasteiger partial charge on any atom is -0.463 e. The van der Waals surface area contributed by atoms with E-state index in [0.29, 0.717) is 12.8 Å². The average molecular weight is 240 g/mol. The fourth-order valence-electron chi connectivity index (χ4n) is 2.07. The summed E-state index contributed by atoms with van der Waals surface area (Å²) in [7, 11) is 0. The Labute approximate surface area is 104 Å². The van der Waals surface area contributed by atoms with Crippen LogP contribution in [0.15, 0.2) is 12.2 Å². The molecule has 2 unspecified atom stereocenters. The number of rotatable bonds is 0. The predicted molar refractivity (Wildman–Crippen MR) is 67.6 cm³/mol. The van der Waals surface area contributed by atoms with Gasteiger partial charge in [-0.1, -0.05) is 18.6 Å². The van der Waals surface area contributed by atoms with Crippen molar-refractivity contribution < 1.29 is 14.6 Å². The van der Waals surface area contributed by atoms with Crippen molar-refractivity contribution in [2.45, 2.75) is 70.5 Å². The standard InChI is InChI=1S/C14H24O3/c1-12-11-13(15)9-7-5-3-2-4-6-8-10-14(16)17-12/h2,4,12-13,15H,3,5-11H2,1H3/b4-2-. The first kappa shape index (κ1) is 14.2. The van der Waals surface area contributed by atoms with Crippen LogP contribution in [0.5, 0.6) is 0 Å². The van der Waals surface area contributed by atoms with Crippen molar-refractivity contribution in [1.29, 1.82) is 0 Å². The van der Waals surface area contributed by atoms with E-state index in [1.165, 1.54) is 0 Å². The molecule has 1 heterocycles. The fraction of sp³-hybridized carbons (Fsp3) is 0.786. The highest BCUT2D eigenvalue weighted by Crippen LogP contribution is 2.13. The Morgan fingerprint density at radius 3 is 2.71 bits per heavy atom. The normalized spacial score (nSPS) is 31.3. The Morgan fingerprint density at radius 2 is 1.94 bits per heavy atom. The van der Waals surface area contributed by atoms with Gasteiger partial charge in [-0.05, 0) is 39.0 Å². The number of hydrogen-bond donors (Lipinski definition) is 1. The first-order chi connectivity index (χ1) is 8.18. The van der Waals surface area contributed by atoms with Gasteiger partial charge in [-0.15, -0.1) is 0 Å². The van der Waals surface area contributed by atoms with Gasteiger partial charge in [0.2, 0.25) is 0 Å². The van der Waals surface area contributed by atoms with Gasteiger partial charge in [0.05, 0.1) is 6.10 Å². The molecule has 0 saturated carbocycles. The Hall–Kier alpha value is -0.830. The minimum absolute atomic E-state index is 0.143. The third kappa shape index (κ3) is 7.16. The molecular weight excluding hydrogens is 216 g/mol. The van der Waals surface area contributed by atoms with Crippen LogP contribution in [0.2, 0.25) is 0 Å². The molecule has 1 aliphatic rings. The van der Waals surface area contributed by atoms with Crippen LogP contribution in [0.1, 0.15) is 58.3 Å². The highest BCUT2D eigenvalue weighted by atomic mass is 16.5. The van der Waals surface area contributed by atoms with Gasteiger partial charge in [0.15, 0.2) is 0 Å². The lowest BCUT2D eigenvalue weighted by Crippen LogP contribution is -2.21. The average Bonchev–Trinajstić information content (AvgIpc) is 2.25. The van der Waals surface area contributed by atoms with E-state index in [4.69, 9.17) is 4.74 Å². The Balaban J connectivity index is 2.41. The summed E-state index contributed by atoms with van der Waals surface area (Å²) in [6.07, 6.45) is 10.7. The van der Waals surface area contributed by atoms with Gasteiger partial charge in [-0.25, -0.2) is 0 Å². The molecule has 3 heteroatoms. The molecular formula is C14H24O3. The van der Waals surface area contributed by atoms with Crippen LogP contribution in [0.3, 0.4) is 0 Å². The van der Waals surface area contributed by atoms with Gasteiger partial charge in [0.1, 0.15) is 6.10 Å². The molecule has 1 N–H and O–H groups in total. The molecule has 98 valence electrons. The maximum Gasteiger partial charge on any atom is 0.306 e. The van der Waals surface area contributed by atoms with Crippen molar-refractivity contribution >= 4 is 5.97 Å². The van der Waals surface area contributed by atoms with Crippen LogP contribution < -0.4 is 0 Å². The SMILES string of the molecule is CC1CC(O)CCCC/C=C\CCCC(=O)O1. The van der Waals surface area contributed by atoms with E-state index in [2.05, 4.69) is 12.2 Å². The number of hydrogen-bond acceptors (Lipinski definition) is 3. The number of carbonyl (C=O) groups excluding carboxylic acids is 1. The molecule has 0 fully saturated rings. The van der Waals surface area contributed by atoms with Crippen LogP contribution >= 0.6 is 0 Å². The maximum absolute atomic E-state index is 11.4. The zero-order valence-corrected chi connectivity index (χ0v) is 10.7. The molecule has 0 saturated heterocycles. The Kier molecular flexibility index (Phi) is 6.94. The molecule has 17 heavy (non-hydrogen) atoms. The largest absolute Gasteiger partial charge is 0.463 e. The topological polar surface area (TPSA) is 46.5 Å². The van der Waals surface area contributed by atoms with Crippen molar-refractivity contribution in [3.8, 4) is 0 Å². The molecule has 0 spiro atoms. The summed E-state index contributed by atoms with van der Waals surface area (Å²) >= 11 is 0. The minimum atomic E-state index is -0.343. The van der Waals surface area contributed by atoms with Crippen LogP contribution in [-0.4, -0.2) is 23.3 Å². The van der Waals surface area contributed by atoms with E-state index in [1.807, 2.05) is 6.92 Å². The number of ether oxygens (including phenoxy) is 1. The van der Waals surface area contributed by atoms with E-state index >= 15 is 0 Å². The smallest absolute Gasteiger partial charge is 0.306 e. The number of esters is 1. The monoisotopic (exact) mass is 240 g/mol. The summed E-state index contributed by atoms with van der Waals surface area (Å²) < 4.78 is 5.24. The van der Waals surface area contributed by atoms with Gasteiger partial charge in [-0.3, -0.25) is 4.79 Å². The molecule has 1 aliphatic heterocycles. The van der Waals surface area contributed by atoms with Crippen molar-refractivity contribution in [3.63, 3.8) is 0 Å². The number of aliphatic hydroxyl groups is 1. The van der Waals surface area contributed by atoms with Crippen LogP contribution in [-0.2, 0) is 9.53 Å². The Morgan fingerprint density at radius 1 is 1.24 bits per heavy atom. The van der Waals surface area contributed by atoms with Crippen molar-refractivity contribution in [3.05, 3.63) is 12.2 Å². The second-order valence-electron chi connectivity index (χ2n) is 4.84. The number of allylic oxidation sites excluding steroid dienone is 2. The molecule has 0 aliphatic carbocycles. The predicted octanol–water partition coefficient (Wildman–Crippen LogP) is 2.97. The van der Waals surface area contributed by atoms with E-state index in [0.717, 1.165) is 38.5 Å². The van der Waals surface area contributed by atoms with E-state index in [1.54, 1.807) is 0 Å². The summed E-state index contributed by atoms with van der Waals surface area (Å²) in [5.41, 5.74) is 0. The summed E-state index contributed by atoms with van der Waals surface area (Å²) in [4.78, 5) is 11.4. The quantitative estimate of drug-likeness (QED) is 0.523. The molecule has 0 aromatic carbocycles. The van der Waals surface area contributed by atoms with Crippen LogP contribution in [0.25, 0.3) is 0 Å². The maximum atomic E-state index is 11.4. The van der Waals surface area contributed by atoms with Crippen LogP contribution in [0, 0.1) is 0 Å². The van der Waals surface area contributed by atoms with Gasteiger partial charge in [0, 0.05) is 12.8 Å². The second-order valence-corrected chi connectivity index (χ2v) is 4.84. The highest BCUT2D eigenvalue weighted by Gasteiger charge is 2.14. The lowest BCUT2D eigenvalue weighted by atomic mass is 10.0. The molecule has 0 amide bonds. The number of cyclic esters (lactones) is 1. The van der Waals surface area contributed by atoms with Crippen molar-refractivity contribution in [1.82, 2.24) is 0 Å². The molecule has 0 radical (unpaired) electrons. The molecule has 0 aromatic rings. The molecule has 2 atom stereocenters. The van der Waals surface area contributed by atoms with E-state index in [-0.39, 0.29) is 18.2 Å². The van der Waals surface area contributed by atoms with Gasteiger partial charge < -0.3 is 9.84 Å². The van der Waals surface area contributed by atoms with Crippen LogP contribution in [0.4, 0.5) is 0 Å². The molecule has 3 nitrogen and oxygen atoms in total. The first-order valence-corrected chi connectivity index (χ1v) is 6.71. The van der Waals surface area contributed by atoms with Gasteiger partial charge in [0.25, 0.3) is 0 Å². The fourth-order valence-corrected chi connectivity index (χ4v) is 2.07. The van der Waals surface area contributed by atoms with Gasteiger partial charge >= 0.3 is 5.97 Å². The molecule has 0 aromatic heterocycles. The molecule has 1 rings (SSSR count). The lowest BCUT2D eigenvalue weighted by Gasteiger charge is -2.17. The summed E-state index contributed by atoms with van der Waals surface area (Å²) in [6.45, 7) is 1.85. The zero-order valence-electron chi connectivity index (χ0n) is 10.7. The third-order valence-electron chi connectivity index (χ3n) is 3.01. The van der Waals surface area contributed by atoms with Crippen molar-refractivity contribution in [2.75, 3.05) is 0 Å². The number of carbonyl (C=O) groups is 1. The molecule has 0 bridgehead atoms. The van der Waals surface area contributed by atoms with Gasteiger partial charge in [-0.2, -0.15) is 0 Å². The van der Waals surface area contributed by atoms with E-state index < -0.39 is 0 Å². The van der Waals surface area contributed by atoms with Crippen molar-refractivity contribution in [2.24, 2.45) is 0 Å².